The van der Waals surface area contributed by atoms with Crippen LogP contribution < -0.4 is 5.32 Å². The first-order chi connectivity index (χ1) is 7.71. The van der Waals surface area contributed by atoms with Crippen LogP contribution in [0, 0.1) is 5.41 Å². The van der Waals surface area contributed by atoms with Crippen molar-refractivity contribution in [2.24, 2.45) is 5.41 Å². The van der Waals surface area contributed by atoms with Crippen molar-refractivity contribution in [3.05, 3.63) is 0 Å². The van der Waals surface area contributed by atoms with Crippen LogP contribution >= 0.6 is 0 Å². The van der Waals surface area contributed by atoms with Crippen molar-refractivity contribution in [2.75, 3.05) is 25.4 Å². The molecule has 1 aliphatic heterocycles. The molecule has 0 aromatic rings. The third-order valence-electron chi connectivity index (χ3n) is 2.78. The van der Waals surface area contributed by atoms with Crippen LogP contribution in [0.15, 0.2) is 0 Å². The molecule has 5 nitrogen and oxygen atoms in total. The Labute approximate surface area is 104 Å². The molecule has 0 unspecified atom stereocenters. The number of amides is 1. The number of carbonyl (C=O) groups is 1. The lowest BCUT2D eigenvalue weighted by Gasteiger charge is -2.23. The van der Waals surface area contributed by atoms with Gasteiger partial charge in [-0.2, -0.15) is 4.31 Å². The molecule has 0 spiro atoms. The highest BCUT2D eigenvalue weighted by molar-refractivity contribution is 7.89. The van der Waals surface area contributed by atoms with Crippen molar-refractivity contribution < 1.29 is 13.2 Å². The average molecular weight is 262 g/mol. The van der Waals surface area contributed by atoms with Crippen LogP contribution in [-0.2, 0) is 14.8 Å². The van der Waals surface area contributed by atoms with Gasteiger partial charge in [-0.05, 0) is 11.8 Å². The van der Waals surface area contributed by atoms with Gasteiger partial charge in [-0.1, -0.05) is 20.8 Å². The molecule has 17 heavy (non-hydrogen) atoms. The zero-order chi connectivity index (χ0) is 13.1. The fourth-order valence-electron chi connectivity index (χ4n) is 1.59. The molecule has 1 saturated heterocycles. The Morgan fingerprint density at radius 3 is 2.53 bits per heavy atom. The van der Waals surface area contributed by atoms with E-state index in [9.17, 15) is 13.2 Å². The third kappa shape index (κ3) is 5.04. The van der Waals surface area contributed by atoms with Gasteiger partial charge in [-0.3, -0.25) is 4.79 Å². The van der Waals surface area contributed by atoms with Gasteiger partial charge in [0.05, 0.1) is 5.75 Å². The molecule has 6 heteroatoms. The molecule has 1 heterocycles. The fraction of sp³-hybridized carbons (Fsp3) is 0.909. The molecule has 1 amide bonds. The monoisotopic (exact) mass is 262 g/mol. The Morgan fingerprint density at radius 2 is 1.94 bits per heavy atom. The molecule has 0 radical (unpaired) electrons. The first-order valence-electron chi connectivity index (χ1n) is 5.95. The third-order valence-corrected chi connectivity index (χ3v) is 4.65. The average Bonchev–Trinajstić information content (AvgIpc) is 2.39. The van der Waals surface area contributed by atoms with Crippen molar-refractivity contribution >= 4 is 15.9 Å². The van der Waals surface area contributed by atoms with Crippen LogP contribution in [0.5, 0.6) is 0 Å². The van der Waals surface area contributed by atoms with Crippen molar-refractivity contribution in [3.8, 4) is 0 Å². The highest BCUT2D eigenvalue weighted by atomic mass is 32.2. The lowest BCUT2D eigenvalue weighted by Crippen LogP contribution is -2.36. The van der Waals surface area contributed by atoms with Gasteiger partial charge in [0.1, 0.15) is 0 Å². The predicted molar refractivity (Wildman–Crippen MR) is 67.1 cm³/mol. The second-order valence-electron chi connectivity index (χ2n) is 5.63. The minimum Gasteiger partial charge on any atom is -0.355 e. The van der Waals surface area contributed by atoms with Gasteiger partial charge in [0.25, 0.3) is 0 Å². The van der Waals surface area contributed by atoms with E-state index in [-0.39, 0.29) is 23.5 Å². The maximum absolute atomic E-state index is 12.1. The molecule has 0 bridgehead atoms. The fourth-order valence-corrected chi connectivity index (χ4v) is 3.46. The van der Waals surface area contributed by atoms with Crippen molar-refractivity contribution in [1.29, 1.82) is 0 Å². The Kier molecular flexibility index (Phi) is 4.55. The molecule has 0 saturated carbocycles. The topological polar surface area (TPSA) is 66.5 Å². The molecule has 1 fully saturated rings. The van der Waals surface area contributed by atoms with Gasteiger partial charge in [-0.25, -0.2) is 8.42 Å². The van der Waals surface area contributed by atoms with E-state index in [2.05, 4.69) is 5.32 Å². The van der Waals surface area contributed by atoms with E-state index in [1.165, 1.54) is 4.31 Å². The maximum atomic E-state index is 12.1. The molecule has 0 atom stereocenters. The molecule has 1 rings (SSSR count). The van der Waals surface area contributed by atoms with E-state index >= 15 is 0 Å². The van der Waals surface area contributed by atoms with Crippen LogP contribution in [0.2, 0.25) is 0 Å². The lowest BCUT2D eigenvalue weighted by molar-refractivity contribution is -0.120. The Balaban J connectivity index is 2.60. The smallest absolute Gasteiger partial charge is 0.221 e. The lowest BCUT2D eigenvalue weighted by atomic mass is 9.94. The molecule has 0 aromatic heterocycles. The number of nitrogens with one attached hydrogen (secondary N) is 1. The van der Waals surface area contributed by atoms with Gasteiger partial charge in [0.2, 0.25) is 15.9 Å². The minimum absolute atomic E-state index is 0.00693. The SMILES string of the molecule is CC(C)(C)CCS(=O)(=O)N1CCNC(=O)CC1. The van der Waals surface area contributed by atoms with Gasteiger partial charge in [-0.15, -0.1) is 0 Å². The zero-order valence-electron chi connectivity index (χ0n) is 10.8. The summed E-state index contributed by atoms with van der Waals surface area (Å²) in [6.07, 6.45) is 0.891. The highest BCUT2D eigenvalue weighted by Crippen LogP contribution is 2.20. The molecular weight excluding hydrogens is 240 g/mol. The molecule has 1 aliphatic rings. The summed E-state index contributed by atoms with van der Waals surface area (Å²) in [5.41, 5.74) is 0.00693. The molecule has 0 aromatic carbocycles. The largest absolute Gasteiger partial charge is 0.355 e. The summed E-state index contributed by atoms with van der Waals surface area (Å²) in [6, 6.07) is 0. The number of hydrogen-bond acceptors (Lipinski definition) is 3. The summed E-state index contributed by atoms with van der Waals surface area (Å²) >= 11 is 0. The first-order valence-corrected chi connectivity index (χ1v) is 7.56. The van der Waals surface area contributed by atoms with Gasteiger partial charge in [0.15, 0.2) is 0 Å². The maximum Gasteiger partial charge on any atom is 0.221 e. The Bertz CT molecular complexity index is 371. The van der Waals surface area contributed by atoms with E-state index in [1.54, 1.807) is 0 Å². The highest BCUT2D eigenvalue weighted by Gasteiger charge is 2.26. The van der Waals surface area contributed by atoms with Gasteiger partial charge < -0.3 is 5.32 Å². The number of carbonyl (C=O) groups excluding carboxylic acids is 1. The van der Waals surface area contributed by atoms with E-state index in [0.717, 1.165) is 0 Å². The summed E-state index contributed by atoms with van der Waals surface area (Å²) < 4.78 is 25.6. The van der Waals surface area contributed by atoms with Crippen molar-refractivity contribution in [2.45, 2.75) is 33.6 Å². The second-order valence-corrected chi connectivity index (χ2v) is 7.71. The van der Waals surface area contributed by atoms with E-state index in [0.29, 0.717) is 26.1 Å². The van der Waals surface area contributed by atoms with Gasteiger partial charge in [0, 0.05) is 26.1 Å². The van der Waals surface area contributed by atoms with E-state index in [1.807, 2.05) is 20.8 Å². The van der Waals surface area contributed by atoms with Crippen LogP contribution in [0.1, 0.15) is 33.6 Å². The summed E-state index contributed by atoms with van der Waals surface area (Å²) in [7, 11) is -3.22. The van der Waals surface area contributed by atoms with Crippen molar-refractivity contribution in [1.82, 2.24) is 9.62 Å². The van der Waals surface area contributed by atoms with Crippen molar-refractivity contribution in [3.63, 3.8) is 0 Å². The number of hydrogen-bond donors (Lipinski definition) is 1. The van der Waals surface area contributed by atoms with Gasteiger partial charge >= 0.3 is 0 Å². The molecular formula is C11H22N2O3S. The molecule has 100 valence electrons. The summed E-state index contributed by atoms with van der Waals surface area (Å²) in [4.78, 5) is 11.1. The van der Waals surface area contributed by atoms with Crippen LogP contribution in [0.4, 0.5) is 0 Å². The van der Waals surface area contributed by atoms with Crippen LogP contribution in [-0.4, -0.2) is 44.0 Å². The number of rotatable bonds is 3. The molecule has 0 aliphatic carbocycles. The van der Waals surface area contributed by atoms with Crippen LogP contribution in [0.3, 0.4) is 0 Å². The Hall–Kier alpha value is -0.620. The number of nitrogens with zero attached hydrogens (tertiary/aromatic N) is 1. The minimum atomic E-state index is -3.22. The normalized spacial score (nSPS) is 19.8. The zero-order valence-corrected chi connectivity index (χ0v) is 11.6. The van der Waals surface area contributed by atoms with E-state index in [4.69, 9.17) is 0 Å². The molecule has 1 N–H and O–H groups in total. The summed E-state index contributed by atoms with van der Waals surface area (Å²) in [5, 5.41) is 2.67. The quantitative estimate of drug-likeness (QED) is 0.809. The second kappa shape index (κ2) is 5.35. The number of sulfonamides is 1. The standard InChI is InChI=1S/C11H22N2O3S/c1-11(2,3)5-9-17(15,16)13-7-4-10(14)12-6-8-13/h4-9H2,1-3H3,(H,12,14). The first kappa shape index (κ1) is 14.4. The van der Waals surface area contributed by atoms with Crippen LogP contribution in [0.25, 0.3) is 0 Å². The predicted octanol–water partition coefficient (Wildman–Crippen LogP) is 0.574. The Morgan fingerprint density at radius 1 is 1.29 bits per heavy atom. The summed E-state index contributed by atoms with van der Waals surface area (Å²) in [5.74, 6) is 0.0866. The van der Waals surface area contributed by atoms with E-state index < -0.39 is 10.0 Å². The summed E-state index contributed by atoms with van der Waals surface area (Å²) in [6.45, 7) is 7.17.